The Labute approximate surface area is 55.3 Å². The van der Waals surface area contributed by atoms with Crippen molar-refractivity contribution in [3.8, 4) is 6.07 Å². The van der Waals surface area contributed by atoms with Crippen LogP contribution in [0.15, 0.2) is 0 Å². The van der Waals surface area contributed by atoms with Crippen LogP contribution in [0.5, 0.6) is 0 Å². The van der Waals surface area contributed by atoms with Crippen LogP contribution in [-0.2, 0) is 0 Å². The second kappa shape index (κ2) is 2.81. The standard InChI is InChI=1S/C6H11N3/c1-9-3-2-8-5-6(9)4-7/h6,8H,2-3,5H2,1H3/t6-/m1/s1. The lowest BCUT2D eigenvalue weighted by molar-refractivity contribution is 0.242. The zero-order valence-electron chi connectivity index (χ0n) is 5.59. The van der Waals surface area contributed by atoms with E-state index in [1.807, 2.05) is 7.05 Å². The van der Waals surface area contributed by atoms with E-state index < -0.39 is 0 Å². The summed E-state index contributed by atoms with van der Waals surface area (Å²) in [6.07, 6.45) is 0. The van der Waals surface area contributed by atoms with Crippen LogP contribution in [0.2, 0.25) is 0 Å². The fourth-order valence-corrected chi connectivity index (χ4v) is 0.950. The van der Waals surface area contributed by atoms with Gasteiger partial charge in [-0.3, -0.25) is 4.90 Å². The van der Waals surface area contributed by atoms with Gasteiger partial charge in [-0.05, 0) is 7.05 Å². The van der Waals surface area contributed by atoms with Gasteiger partial charge in [0.2, 0.25) is 0 Å². The van der Waals surface area contributed by atoms with Gasteiger partial charge < -0.3 is 5.32 Å². The van der Waals surface area contributed by atoms with Gasteiger partial charge in [-0.25, -0.2) is 0 Å². The van der Waals surface area contributed by atoms with E-state index in [2.05, 4.69) is 16.3 Å². The van der Waals surface area contributed by atoms with Gasteiger partial charge >= 0.3 is 0 Å². The van der Waals surface area contributed by atoms with E-state index in [4.69, 9.17) is 5.26 Å². The summed E-state index contributed by atoms with van der Waals surface area (Å²) in [5.41, 5.74) is 0. The molecule has 50 valence electrons. The molecule has 0 aromatic carbocycles. The Kier molecular flexibility index (Phi) is 2.04. The van der Waals surface area contributed by atoms with Crippen molar-refractivity contribution >= 4 is 0 Å². The number of rotatable bonds is 0. The third-order valence-electron chi connectivity index (χ3n) is 1.66. The molecule has 0 radical (unpaired) electrons. The van der Waals surface area contributed by atoms with Crippen molar-refractivity contribution in [2.75, 3.05) is 26.7 Å². The lowest BCUT2D eigenvalue weighted by atomic mass is 10.2. The van der Waals surface area contributed by atoms with Gasteiger partial charge in [-0.1, -0.05) is 0 Å². The number of nitrogens with zero attached hydrogens (tertiary/aromatic N) is 2. The van der Waals surface area contributed by atoms with Crippen LogP contribution < -0.4 is 5.32 Å². The van der Waals surface area contributed by atoms with Gasteiger partial charge in [-0.2, -0.15) is 5.26 Å². The maximum Gasteiger partial charge on any atom is 0.110 e. The highest BCUT2D eigenvalue weighted by molar-refractivity contribution is 4.94. The lowest BCUT2D eigenvalue weighted by Crippen LogP contribution is -2.48. The third-order valence-corrected chi connectivity index (χ3v) is 1.66. The molecule has 0 aliphatic carbocycles. The number of hydrogen-bond donors (Lipinski definition) is 1. The molecule has 1 N–H and O–H groups in total. The van der Waals surface area contributed by atoms with Gasteiger partial charge in [0, 0.05) is 19.6 Å². The molecule has 1 aliphatic heterocycles. The van der Waals surface area contributed by atoms with Gasteiger partial charge in [0.25, 0.3) is 0 Å². The average molecular weight is 125 g/mol. The van der Waals surface area contributed by atoms with Crippen molar-refractivity contribution in [3.63, 3.8) is 0 Å². The highest BCUT2D eigenvalue weighted by atomic mass is 15.2. The van der Waals surface area contributed by atoms with E-state index >= 15 is 0 Å². The van der Waals surface area contributed by atoms with Crippen molar-refractivity contribution in [2.45, 2.75) is 6.04 Å². The van der Waals surface area contributed by atoms with Gasteiger partial charge in [0.05, 0.1) is 6.07 Å². The predicted molar refractivity (Wildman–Crippen MR) is 34.9 cm³/mol. The molecule has 1 fully saturated rings. The zero-order valence-corrected chi connectivity index (χ0v) is 5.59. The average Bonchev–Trinajstić information content (AvgIpc) is 1.89. The SMILES string of the molecule is CN1CCNC[C@H]1C#N. The maximum atomic E-state index is 8.53. The molecular formula is C6H11N3. The van der Waals surface area contributed by atoms with Crippen molar-refractivity contribution in [1.82, 2.24) is 10.2 Å². The molecule has 3 heteroatoms. The molecule has 0 bridgehead atoms. The summed E-state index contributed by atoms with van der Waals surface area (Å²) in [6.45, 7) is 2.81. The van der Waals surface area contributed by atoms with E-state index in [1.54, 1.807) is 0 Å². The summed E-state index contributed by atoms with van der Waals surface area (Å²) in [5, 5.41) is 11.7. The summed E-state index contributed by atoms with van der Waals surface area (Å²) >= 11 is 0. The number of piperazine rings is 1. The molecule has 0 amide bonds. The number of hydrogen-bond acceptors (Lipinski definition) is 3. The van der Waals surface area contributed by atoms with Crippen molar-refractivity contribution in [2.24, 2.45) is 0 Å². The summed E-state index contributed by atoms with van der Waals surface area (Å²) in [7, 11) is 1.98. The summed E-state index contributed by atoms with van der Waals surface area (Å²) in [6, 6.07) is 2.30. The first kappa shape index (κ1) is 6.53. The smallest absolute Gasteiger partial charge is 0.110 e. The van der Waals surface area contributed by atoms with E-state index in [1.165, 1.54) is 0 Å². The molecule has 1 heterocycles. The molecule has 0 aromatic rings. The minimum Gasteiger partial charge on any atom is -0.313 e. The van der Waals surface area contributed by atoms with Gasteiger partial charge in [0.1, 0.15) is 6.04 Å². The minimum atomic E-state index is 0.0822. The predicted octanol–water partition coefficient (Wildman–Crippen LogP) is -0.586. The second-order valence-electron chi connectivity index (χ2n) is 2.33. The lowest BCUT2D eigenvalue weighted by Gasteiger charge is -2.27. The number of likely N-dealkylation sites (N-methyl/N-ethyl adjacent to an activating group) is 1. The van der Waals surface area contributed by atoms with E-state index in [9.17, 15) is 0 Å². The Balaban J connectivity index is 2.41. The largest absolute Gasteiger partial charge is 0.313 e. The fraction of sp³-hybridized carbons (Fsp3) is 0.833. The first-order chi connectivity index (χ1) is 4.34. The minimum absolute atomic E-state index is 0.0822. The molecule has 0 spiro atoms. The highest BCUT2D eigenvalue weighted by Gasteiger charge is 2.16. The molecule has 0 unspecified atom stereocenters. The normalized spacial score (nSPS) is 29.6. The molecular weight excluding hydrogens is 114 g/mol. The third kappa shape index (κ3) is 1.41. The monoisotopic (exact) mass is 125 g/mol. The molecule has 1 aliphatic rings. The Morgan fingerprint density at radius 2 is 2.56 bits per heavy atom. The summed E-state index contributed by atoms with van der Waals surface area (Å²) < 4.78 is 0. The summed E-state index contributed by atoms with van der Waals surface area (Å²) in [5.74, 6) is 0. The zero-order chi connectivity index (χ0) is 6.69. The van der Waals surface area contributed by atoms with E-state index in [0.717, 1.165) is 19.6 Å². The van der Waals surface area contributed by atoms with E-state index in [0.29, 0.717) is 0 Å². The molecule has 3 nitrogen and oxygen atoms in total. The maximum absolute atomic E-state index is 8.53. The molecule has 1 rings (SSSR count). The van der Waals surface area contributed by atoms with Crippen LogP contribution >= 0.6 is 0 Å². The molecule has 1 saturated heterocycles. The van der Waals surface area contributed by atoms with E-state index in [-0.39, 0.29) is 6.04 Å². The first-order valence-corrected chi connectivity index (χ1v) is 3.15. The molecule has 0 saturated carbocycles. The Bertz CT molecular complexity index is 127. The highest BCUT2D eigenvalue weighted by Crippen LogP contribution is 1.96. The fourth-order valence-electron chi connectivity index (χ4n) is 0.950. The molecule has 0 aromatic heterocycles. The second-order valence-corrected chi connectivity index (χ2v) is 2.33. The number of nitrogens with one attached hydrogen (secondary N) is 1. The van der Waals surface area contributed by atoms with Crippen molar-refractivity contribution in [3.05, 3.63) is 0 Å². The van der Waals surface area contributed by atoms with Gasteiger partial charge in [0.15, 0.2) is 0 Å². The topological polar surface area (TPSA) is 39.1 Å². The molecule has 9 heavy (non-hydrogen) atoms. The van der Waals surface area contributed by atoms with Crippen LogP contribution in [-0.4, -0.2) is 37.6 Å². The van der Waals surface area contributed by atoms with Crippen LogP contribution in [0.1, 0.15) is 0 Å². The van der Waals surface area contributed by atoms with Crippen molar-refractivity contribution in [1.29, 1.82) is 5.26 Å². The quantitative estimate of drug-likeness (QED) is 0.470. The summed E-state index contributed by atoms with van der Waals surface area (Å²) in [4.78, 5) is 2.07. The Morgan fingerprint density at radius 1 is 1.78 bits per heavy atom. The van der Waals surface area contributed by atoms with Gasteiger partial charge in [-0.15, -0.1) is 0 Å². The van der Waals surface area contributed by atoms with Crippen LogP contribution in [0.4, 0.5) is 0 Å². The molecule has 1 atom stereocenters. The first-order valence-electron chi connectivity index (χ1n) is 3.15. The van der Waals surface area contributed by atoms with Crippen LogP contribution in [0.3, 0.4) is 0 Å². The number of nitriles is 1. The van der Waals surface area contributed by atoms with Crippen molar-refractivity contribution < 1.29 is 0 Å². The Morgan fingerprint density at radius 3 is 3.00 bits per heavy atom. The Hall–Kier alpha value is -0.590. The van der Waals surface area contributed by atoms with Crippen LogP contribution in [0.25, 0.3) is 0 Å². The van der Waals surface area contributed by atoms with Crippen LogP contribution in [0, 0.1) is 11.3 Å².